The first kappa shape index (κ1) is 13.4. The summed E-state index contributed by atoms with van der Waals surface area (Å²) in [5.41, 5.74) is 7.53. The molecule has 0 radical (unpaired) electrons. The summed E-state index contributed by atoms with van der Waals surface area (Å²) in [7, 11) is 1.61. The van der Waals surface area contributed by atoms with E-state index >= 15 is 0 Å². The Morgan fingerprint density at radius 1 is 1.16 bits per heavy atom. The summed E-state index contributed by atoms with van der Waals surface area (Å²) in [4.78, 5) is 0. The lowest BCUT2D eigenvalue weighted by Crippen LogP contribution is -2.02. The van der Waals surface area contributed by atoms with Crippen LogP contribution in [0.1, 0.15) is 11.1 Å². The lowest BCUT2D eigenvalue weighted by molar-refractivity contribution is 0.304. The van der Waals surface area contributed by atoms with E-state index in [1.807, 2.05) is 18.2 Å². The maximum Gasteiger partial charge on any atom is 0.126 e. The summed E-state index contributed by atoms with van der Waals surface area (Å²) in [5, 5.41) is 0. The highest BCUT2D eigenvalue weighted by Gasteiger charge is 2.04. The van der Waals surface area contributed by atoms with Crippen LogP contribution >= 0.6 is 0 Å². The maximum atomic E-state index is 13.0. The van der Waals surface area contributed by atoms with E-state index in [0.717, 1.165) is 16.9 Å². The quantitative estimate of drug-likeness (QED) is 0.900. The number of halogens is 1. The van der Waals surface area contributed by atoms with Crippen LogP contribution in [0.15, 0.2) is 42.5 Å². The Labute approximate surface area is 111 Å². The molecule has 4 heteroatoms. The molecule has 0 fully saturated rings. The van der Waals surface area contributed by atoms with Crippen LogP contribution in [0.25, 0.3) is 0 Å². The molecule has 0 aromatic heterocycles. The third-order valence-electron chi connectivity index (χ3n) is 2.77. The first-order valence-electron chi connectivity index (χ1n) is 5.97. The van der Waals surface area contributed by atoms with Crippen LogP contribution in [0.2, 0.25) is 0 Å². The standard InChI is InChI=1S/C15H16FNO2/c1-18-15-6-5-11(7-12(15)9-17)10-19-14-4-2-3-13(16)8-14/h2-8H,9-10,17H2,1H3. The van der Waals surface area contributed by atoms with Gasteiger partial charge in [0.2, 0.25) is 0 Å². The minimum atomic E-state index is -0.310. The Morgan fingerprint density at radius 2 is 2.00 bits per heavy atom. The second-order valence-electron chi connectivity index (χ2n) is 4.10. The highest BCUT2D eigenvalue weighted by molar-refractivity contribution is 5.37. The molecule has 2 rings (SSSR count). The van der Waals surface area contributed by atoms with Crippen LogP contribution in [0.4, 0.5) is 4.39 Å². The summed E-state index contributed by atoms with van der Waals surface area (Å²) in [5.74, 6) is 0.956. The van der Waals surface area contributed by atoms with Gasteiger partial charge in [0, 0.05) is 18.2 Å². The number of methoxy groups -OCH3 is 1. The largest absolute Gasteiger partial charge is 0.496 e. The third kappa shape index (κ3) is 3.45. The van der Waals surface area contributed by atoms with Crippen molar-refractivity contribution in [2.75, 3.05) is 7.11 Å². The van der Waals surface area contributed by atoms with Gasteiger partial charge in [0.1, 0.15) is 23.9 Å². The van der Waals surface area contributed by atoms with Gasteiger partial charge in [0.25, 0.3) is 0 Å². The van der Waals surface area contributed by atoms with Gasteiger partial charge in [0.05, 0.1) is 7.11 Å². The molecule has 0 spiro atoms. The van der Waals surface area contributed by atoms with Crippen molar-refractivity contribution in [2.45, 2.75) is 13.2 Å². The van der Waals surface area contributed by atoms with Gasteiger partial charge < -0.3 is 15.2 Å². The van der Waals surface area contributed by atoms with Crippen molar-refractivity contribution < 1.29 is 13.9 Å². The van der Waals surface area contributed by atoms with E-state index in [4.69, 9.17) is 15.2 Å². The zero-order valence-electron chi connectivity index (χ0n) is 10.7. The van der Waals surface area contributed by atoms with Crippen LogP contribution in [0.3, 0.4) is 0 Å². The summed E-state index contributed by atoms with van der Waals surface area (Å²) >= 11 is 0. The lowest BCUT2D eigenvalue weighted by Gasteiger charge is -2.10. The Balaban J connectivity index is 2.07. The summed E-state index contributed by atoms with van der Waals surface area (Å²) in [6.07, 6.45) is 0. The number of rotatable bonds is 5. The first-order chi connectivity index (χ1) is 9.22. The number of hydrogen-bond donors (Lipinski definition) is 1. The molecule has 100 valence electrons. The topological polar surface area (TPSA) is 44.5 Å². The molecule has 0 aliphatic rings. The smallest absolute Gasteiger partial charge is 0.126 e. The molecule has 0 heterocycles. The van der Waals surface area contributed by atoms with Gasteiger partial charge in [-0.25, -0.2) is 4.39 Å². The van der Waals surface area contributed by atoms with Gasteiger partial charge >= 0.3 is 0 Å². The molecule has 0 saturated heterocycles. The summed E-state index contributed by atoms with van der Waals surface area (Å²) < 4.78 is 23.7. The van der Waals surface area contributed by atoms with E-state index in [-0.39, 0.29) is 5.82 Å². The number of ether oxygens (including phenoxy) is 2. The van der Waals surface area contributed by atoms with Crippen LogP contribution in [0, 0.1) is 5.82 Å². The van der Waals surface area contributed by atoms with Gasteiger partial charge in [0.15, 0.2) is 0 Å². The van der Waals surface area contributed by atoms with Crippen molar-refractivity contribution in [1.29, 1.82) is 0 Å². The van der Waals surface area contributed by atoms with Crippen molar-refractivity contribution >= 4 is 0 Å². The van der Waals surface area contributed by atoms with E-state index in [1.54, 1.807) is 19.2 Å². The number of nitrogens with two attached hydrogens (primary N) is 1. The van der Waals surface area contributed by atoms with E-state index < -0.39 is 0 Å². The lowest BCUT2D eigenvalue weighted by atomic mass is 10.1. The average Bonchev–Trinajstić information content (AvgIpc) is 2.45. The normalized spacial score (nSPS) is 10.3. The first-order valence-corrected chi connectivity index (χ1v) is 5.97. The van der Waals surface area contributed by atoms with E-state index in [1.165, 1.54) is 12.1 Å². The Morgan fingerprint density at radius 3 is 2.68 bits per heavy atom. The van der Waals surface area contributed by atoms with Crippen molar-refractivity contribution in [3.63, 3.8) is 0 Å². The SMILES string of the molecule is COc1ccc(COc2cccc(F)c2)cc1CN. The van der Waals surface area contributed by atoms with Crippen LogP contribution in [-0.4, -0.2) is 7.11 Å². The fourth-order valence-corrected chi connectivity index (χ4v) is 1.80. The van der Waals surface area contributed by atoms with Crippen LogP contribution < -0.4 is 15.2 Å². The minimum absolute atomic E-state index is 0.310. The molecule has 0 bridgehead atoms. The van der Waals surface area contributed by atoms with Crippen LogP contribution in [-0.2, 0) is 13.2 Å². The molecule has 2 aromatic carbocycles. The maximum absolute atomic E-state index is 13.0. The fraction of sp³-hybridized carbons (Fsp3) is 0.200. The Hall–Kier alpha value is -2.07. The van der Waals surface area contributed by atoms with Gasteiger partial charge in [-0.3, -0.25) is 0 Å². The molecule has 0 amide bonds. The highest BCUT2D eigenvalue weighted by Crippen LogP contribution is 2.20. The van der Waals surface area contributed by atoms with Crippen molar-refractivity contribution in [1.82, 2.24) is 0 Å². The molecule has 0 atom stereocenters. The zero-order valence-corrected chi connectivity index (χ0v) is 10.7. The Bertz CT molecular complexity index is 558. The Kier molecular flexibility index (Phi) is 4.36. The highest BCUT2D eigenvalue weighted by atomic mass is 19.1. The minimum Gasteiger partial charge on any atom is -0.496 e. The van der Waals surface area contributed by atoms with Gasteiger partial charge in [-0.15, -0.1) is 0 Å². The molecule has 0 saturated carbocycles. The molecular weight excluding hydrogens is 245 g/mol. The monoisotopic (exact) mass is 261 g/mol. The second-order valence-corrected chi connectivity index (χ2v) is 4.10. The third-order valence-corrected chi connectivity index (χ3v) is 2.77. The second kappa shape index (κ2) is 6.20. The van der Waals surface area contributed by atoms with Crippen molar-refractivity contribution in [3.05, 3.63) is 59.4 Å². The average molecular weight is 261 g/mol. The van der Waals surface area contributed by atoms with Crippen molar-refractivity contribution in [3.8, 4) is 11.5 Å². The summed E-state index contributed by atoms with van der Waals surface area (Å²) in [6, 6.07) is 11.8. The number of hydrogen-bond acceptors (Lipinski definition) is 3. The van der Waals surface area contributed by atoms with Crippen molar-refractivity contribution in [2.24, 2.45) is 5.73 Å². The van der Waals surface area contributed by atoms with Gasteiger partial charge in [-0.05, 0) is 29.8 Å². The van der Waals surface area contributed by atoms with E-state index in [9.17, 15) is 4.39 Å². The van der Waals surface area contributed by atoms with Crippen LogP contribution in [0.5, 0.6) is 11.5 Å². The fourth-order valence-electron chi connectivity index (χ4n) is 1.80. The summed E-state index contributed by atoms with van der Waals surface area (Å²) in [6.45, 7) is 0.761. The molecule has 2 aromatic rings. The van der Waals surface area contributed by atoms with E-state index in [2.05, 4.69) is 0 Å². The molecule has 0 aliphatic heterocycles. The predicted molar refractivity (Wildman–Crippen MR) is 71.6 cm³/mol. The zero-order chi connectivity index (χ0) is 13.7. The van der Waals surface area contributed by atoms with E-state index in [0.29, 0.717) is 18.9 Å². The number of benzene rings is 2. The molecule has 3 nitrogen and oxygen atoms in total. The molecule has 0 unspecified atom stereocenters. The molecule has 0 aliphatic carbocycles. The molecular formula is C15H16FNO2. The molecule has 19 heavy (non-hydrogen) atoms. The molecule has 2 N–H and O–H groups in total. The van der Waals surface area contributed by atoms with Gasteiger partial charge in [-0.2, -0.15) is 0 Å². The predicted octanol–water partition coefficient (Wildman–Crippen LogP) is 2.87. The van der Waals surface area contributed by atoms with Gasteiger partial charge in [-0.1, -0.05) is 12.1 Å².